The lowest BCUT2D eigenvalue weighted by Crippen LogP contribution is -2.49. The number of carbonyl (C=O) groups is 2. The van der Waals surface area contributed by atoms with Crippen molar-refractivity contribution in [2.45, 2.75) is 52.5 Å². The topological polar surface area (TPSA) is 109 Å². The Morgan fingerprint density at radius 1 is 1.09 bits per heavy atom. The van der Waals surface area contributed by atoms with Crippen molar-refractivity contribution in [1.82, 2.24) is 5.32 Å². The fourth-order valence-corrected chi connectivity index (χ4v) is 3.77. The quantitative estimate of drug-likeness (QED) is 0.476. The first kappa shape index (κ1) is 24.0. The van der Waals surface area contributed by atoms with Crippen LogP contribution in [-0.2, 0) is 16.0 Å². The van der Waals surface area contributed by atoms with Crippen molar-refractivity contribution in [3.05, 3.63) is 75.1 Å². The van der Waals surface area contributed by atoms with Gasteiger partial charge in [0, 0.05) is 22.9 Å². The molecule has 1 atom stereocenters. The summed E-state index contributed by atoms with van der Waals surface area (Å²) in [6.45, 7) is 5.21. The molecule has 1 aromatic heterocycles. The molecule has 7 nitrogen and oxygen atoms in total. The lowest BCUT2D eigenvalue weighted by molar-refractivity contribution is -0.308. The molecule has 0 aliphatic heterocycles. The van der Waals surface area contributed by atoms with Crippen molar-refractivity contribution in [2.24, 2.45) is 0 Å². The van der Waals surface area contributed by atoms with E-state index in [1.165, 1.54) is 0 Å². The summed E-state index contributed by atoms with van der Waals surface area (Å²) in [5, 5.41) is 14.4. The predicted molar refractivity (Wildman–Crippen MR) is 123 cm³/mol. The average Bonchev–Trinajstić information content (AvgIpc) is 2.80. The third kappa shape index (κ3) is 5.80. The van der Waals surface area contributed by atoms with Crippen LogP contribution in [-0.4, -0.2) is 24.5 Å². The summed E-state index contributed by atoms with van der Waals surface area (Å²) in [5.74, 6) is -1.49. The largest absolute Gasteiger partial charge is 0.548 e. The average molecular weight is 451 g/mol. The lowest BCUT2D eigenvalue weighted by Gasteiger charge is -2.20. The van der Waals surface area contributed by atoms with Crippen molar-refractivity contribution >= 4 is 22.8 Å². The third-order valence-electron chi connectivity index (χ3n) is 5.70. The van der Waals surface area contributed by atoms with E-state index in [0.29, 0.717) is 41.7 Å². The molecular formula is C26H28NO6-. The second-order valence-electron chi connectivity index (χ2n) is 8.09. The molecule has 2 aromatic carbocycles. The molecule has 174 valence electrons. The van der Waals surface area contributed by atoms with Crippen LogP contribution in [0.2, 0.25) is 0 Å². The summed E-state index contributed by atoms with van der Waals surface area (Å²) in [6.07, 6.45) is 2.24. The number of ether oxygens (including phenoxy) is 1. The molecule has 0 aliphatic carbocycles. The van der Waals surface area contributed by atoms with Gasteiger partial charge in [-0.2, -0.15) is 0 Å². The molecule has 0 aliphatic rings. The number of benzene rings is 2. The smallest absolute Gasteiger partial charge is 0.340 e. The van der Waals surface area contributed by atoms with Crippen LogP contribution in [0.3, 0.4) is 0 Å². The van der Waals surface area contributed by atoms with Crippen LogP contribution < -0.4 is 20.8 Å². The number of fused-ring (bicyclic) bond motifs is 1. The number of rotatable bonds is 10. The van der Waals surface area contributed by atoms with Crippen molar-refractivity contribution in [1.29, 1.82) is 0 Å². The van der Waals surface area contributed by atoms with Crippen molar-refractivity contribution in [2.75, 3.05) is 6.61 Å². The molecule has 1 heterocycles. The molecule has 1 amide bonds. The first-order valence-corrected chi connectivity index (χ1v) is 11.0. The van der Waals surface area contributed by atoms with E-state index in [1.807, 2.05) is 44.2 Å². The van der Waals surface area contributed by atoms with Gasteiger partial charge in [0.1, 0.15) is 11.3 Å². The highest BCUT2D eigenvalue weighted by Gasteiger charge is 2.17. The Morgan fingerprint density at radius 2 is 1.82 bits per heavy atom. The van der Waals surface area contributed by atoms with Gasteiger partial charge >= 0.3 is 5.63 Å². The minimum Gasteiger partial charge on any atom is -0.548 e. The standard InChI is InChI=1S/C26H29NO6/c1-4-5-11-21(25(29)30)27-23(28)15-32-22-13-12-19-16(2)20(14-18-9-7-6-8-10-18)26(31)33-24(19)17(22)3/h6-10,12-13,21H,4-5,11,14-15H2,1-3H3,(H,27,28)(H,29,30)/p-1/t21-/m0/s1. The maximum absolute atomic E-state index is 12.7. The van der Waals surface area contributed by atoms with Gasteiger partial charge in [-0.25, -0.2) is 4.79 Å². The highest BCUT2D eigenvalue weighted by Crippen LogP contribution is 2.30. The van der Waals surface area contributed by atoms with E-state index < -0.39 is 23.5 Å². The van der Waals surface area contributed by atoms with Crippen LogP contribution in [0, 0.1) is 13.8 Å². The number of aliphatic carboxylic acids is 1. The summed E-state index contributed by atoms with van der Waals surface area (Å²) < 4.78 is 11.3. The minimum atomic E-state index is -1.32. The van der Waals surface area contributed by atoms with Gasteiger partial charge in [0.15, 0.2) is 6.61 Å². The molecule has 33 heavy (non-hydrogen) atoms. The number of carboxylic acids is 1. The van der Waals surface area contributed by atoms with Gasteiger partial charge < -0.3 is 24.4 Å². The summed E-state index contributed by atoms with van der Waals surface area (Å²) >= 11 is 0. The minimum absolute atomic E-state index is 0.301. The molecule has 0 radical (unpaired) electrons. The number of carboxylic acid groups (broad SMARTS) is 1. The molecule has 7 heteroatoms. The monoisotopic (exact) mass is 450 g/mol. The van der Waals surface area contributed by atoms with E-state index in [-0.39, 0.29) is 6.61 Å². The Balaban J connectivity index is 1.78. The molecular weight excluding hydrogens is 422 g/mol. The van der Waals surface area contributed by atoms with Crippen LogP contribution >= 0.6 is 0 Å². The van der Waals surface area contributed by atoms with E-state index in [9.17, 15) is 19.5 Å². The molecule has 1 N–H and O–H groups in total. The highest BCUT2D eigenvalue weighted by molar-refractivity contribution is 5.86. The number of unbranched alkanes of at least 4 members (excludes halogenated alkanes) is 1. The third-order valence-corrected chi connectivity index (χ3v) is 5.70. The Hall–Kier alpha value is -3.61. The summed E-state index contributed by atoms with van der Waals surface area (Å²) in [7, 11) is 0. The van der Waals surface area contributed by atoms with Gasteiger partial charge in [0.25, 0.3) is 5.91 Å². The van der Waals surface area contributed by atoms with Gasteiger partial charge in [0.05, 0.1) is 12.0 Å². The van der Waals surface area contributed by atoms with Crippen molar-refractivity contribution in [3.63, 3.8) is 0 Å². The van der Waals surface area contributed by atoms with E-state index in [2.05, 4.69) is 5.32 Å². The fourth-order valence-electron chi connectivity index (χ4n) is 3.77. The van der Waals surface area contributed by atoms with Crippen molar-refractivity contribution < 1.29 is 23.8 Å². The highest BCUT2D eigenvalue weighted by atomic mass is 16.5. The van der Waals surface area contributed by atoms with Gasteiger partial charge in [-0.15, -0.1) is 0 Å². The lowest BCUT2D eigenvalue weighted by atomic mass is 9.98. The number of nitrogens with one attached hydrogen (secondary N) is 1. The Labute approximate surface area is 192 Å². The number of carbonyl (C=O) groups excluding carboxylic acids is 2. The first-order valence-electron chi connectivity index (χ1n) is 11.0. The van der Waals surface area contributed by atoms with Gasteiger partial charge in [-0.1, -0.05) is 50.1 Å². The van der Waals surface area contributed by atoms with Crippen LogP contribution in [0.1, 0.15) is 48.4 Å². The van der Waals surface area contributed by atoms with E-state index >= 15 is 0 Å². The molecule has 0 spiro atoms. The molecule has 0 fully saturated rings. The predicted octanol–water partition coefficient (Wildman–Crippen LogP) is 2.80. The van der Waals surface area contributed by atoms with E-state index in [1.54, 1.807) is 19.1 Å². The summed E-state index contributed by atoms with van der Waals surface area (Å²) in [6, 6.07) is 12.2. The zero-order valence-corrected chi connectivity index (χ0v) is 19.1. The fraction of sp³-hybridized carbons (Fsp3) is 0.346. The number of hydrogen-bond donors (Lipinski definition) is 1. The van der Waals surface area contributed by atoms with Crippen LogP contribution in [0.5, 0.6) is 5.75 Å². The molecule has 3 aromatic rings. The van der Waals surface area contributed by atoms with Gasteiger partial charge in [-0.05, 0) is 43.5 Å². The number of hydrogen-bond acceptors (Lipinski definition) is 6. The van der Waals surface area contributed by atoms with Crippen molar-refractivity contribution in [3.8, 4) is 5.75 Å². The zero-order chi connectivity index (χ0) is 24.0. The van der Waals surface area contributed by atoms with Gasteiger partial charge in [0.2, 0.25) is 0 Å². The Bertz CT molecular complexity index is 1200. The van der Waals surface area contributed by atoms with E-state index in [4.69, 9.17) is 9.15 Å². The molecule has 0 unspecified atom stereocenters. The Morgan fingerprint density at radius 3 is 2.48 bits per heavy atom. The summed E-state index contributed by atoms with van der Waals surface area (Å²) in [5.41, 5.74) is 3.04. The molecule has 0 saturated carbocycles. The normalized spacial score (nSPS) is 11.8. The second kappa shape index (κ2) is 10.8. The van der Waals surface area contributed by atoms with Crippen LogP contribution in [0.4, 0.5) is 0 Å². The maximum atomic E-state index is 12.7. The molecule has 3 rings (SSSR count). The number of amides is 1. The zero-order valence-electron chi connectivity index (χ0n) is 19.1. The van der Waals surface area contributed by atoms with Crippen LogP contribution in [0.25, 0.3) is 11.0 Å². The maximum Gasteiger partial charge on any atom is 0.340 e. The van der Waals surface area contributed by atoms with E-state index in [0.717, 1.165) is 22.9 Å². The Kier molecular flexibility index (Phi) is 7.87. The molecule has 0 saturated heterocycles. The molecule has 0 bridgehead atoms. The SMILES string of the molecule is CCCC[C@H](NC(=O)COc1ccc2c(C)c(Cc3ccccc3)c(=O)oc2c1C)C(=O)[O-]. The van der Waals surface area contributed by atoms with Crippen LogP contribution in [0.15, 0.2) is 51.7 Å². The number of aryl methyl sites for hydroxylation is 2. The first-order chi connectivity index (χ1) is 15.8. The second-order valence-corrected chi connectivity index (χ2v) is 8.09. The summed E-state index contributed by atoms with van der Waals surface area (Å²) in [4.78, 5) is 36.1. The van der Waals surface area contributed by atoms with Gasteiger partial charge in [-0.3, -0.25) is 4.79 Å².